The van der Waals surface area contributed by atoms with Crippen LogP contribution in [0.3, 0.4) is 0 Å². The third-order valence-electron chi connectivity index (χ3n) is 5.15. The summed E-state index contributed by atoms with van der Waals surface area (Å²) in [6.07, 6.45) is -3.48. The van der Waals surface area contributed by atoms with Crippen LogP contribution < -0.4 is 10.6 Å². The summed E-state index contributed by atoms with van der Waals surface area (Å²) in [5.74, 6) is 0.119. The zero-order valence-corrected chi connectivity index (χ0v) is 17.0. The molecule has 2 aromatic carbocycles. The highest BCUT2D eigenvalue weighted by Crippen LogP contribution is 2.29. The van der Waals surface area contributed by atoms with Gasteiger partial charge in [0.1, 0.15) is 5.82 Å². The Morgan fingerprint density at radius 1 is 1.23 bits per heavy atom. The molecule has 1 unspecified atom stereocenters. The van der Waals surface area contributed by atoms with Crippen LogP contribution in [0.4, 0.5) is 17.6 Å². The van der Waals surface area contributed by atoms with Crippen LogP contribution in [0.2, 0.25) is 0 Å². The minimum absolute atomic E-state index is 0.107. The molecular weight excluding hydrogens is 410 g/mol. The monoisotopic (exact) mass is 433 g/mol. The second kappa shape index (κ2) is 9.79. The van der Waals surface area contributed by atoms with E-state index in [-0.39, 0.29) is 12.6 Å². The van der Waals surface area contributed by atoms with Gasteiger partial charge in [0.15, 0.2) is 5.96 Å². The fourth-order valence-electron chi connectivity index (χ4n) is 3.50. The molecule has 1 aliphatic rings. The number of guanidine groups is 1. The molecule has 1 fully saturated rings. The number of hydrogen-bond donors (Lipinski definition) is 2. The molecule has 0 saturated carbocycles. The lowest BCUT2D eigenvalue weighted by molar-refractivity contribution is -0.137. The molecule has 5 nitrogen and oxygen atoms in total. The molecule has 0 bridgehead atoms. The summed E-state index contributed by atoms with van der Waals surface area (Å²) >= 11 is 0. The summed E-state index contributed by atoms with van der Waals surface area (Å²) < 4.78 is 52.0. The Morgan fingerprint density at radius 3 is 2.61 bits per heavy atom. The summed E-state index contributed by atoms with van der Waals surface area (Å²) in [6, 6.07) is 11.5. The number of halogens is 4. The van der Waals surface area contributed by atoms with Crippen LogP contribution in [-0.4, -0.2) is 37.0 Å². The highest BCUT2D eigenvalue weighted by Gasteiger charge is 2.30. The molecular formula is C22H23F4N5. The molecule has 1 heterocycles. The van der Waals surface area contributed by atoms with Crippen molar-refractivity contribution in [3.05, 3.63) is 70.5 Å². The van der Waals surface area contributed by atoms with Gasteiger partial charge in [-0.2, -0.15) is 18.4 Å². The smallest absolute Gasteiger partial charge is 0.352 e. The van der Waals surface area contributed by atoms with Crippen molar-refractivity contribution in [3.8, 4) is 6.07 Å². The zero-order chi connectivity index (χ0) is 22.4. The number of rotatable bonds is 5. The predicted molar refractivity (Wildman–Crippen MR) is 110 cm³/mol. The van der Waals surface area contributed by atoms with Gasteiger partial charge in [0.05, 0.1) is 17.2 Å². The first-order valence-corrected chi connectivity index (χ1v) is 9.82. The second-order valence-electron chi connectivity index (χ2n) is 7.40. The Kier molecular flexibility index (Phi) is 7.13. The van der Waals surface area contributed by atoms with E-state index in [1.807, 2.05) is 6.07 Å². The minimum atomic E-state index is -4.33. The lowest BCUT2D eigenvalue weighted by atomic mass is 10.1. The van der Waals surface area contributed by atoms with Crippen LogP contribution >= 0.6 is 0 Å². The molecule has 31 heavy (non-hydrogen) atoms. The molecule has 0 spiro atoms. The number of nitrogens with zero attached hydrogens (tertiary/aromatic N) is 3. The molecule has 164 valence electrons. The maximum atomic E-state index is 13.9. The summed E-state index contributed by atoms with van der Waals surface area (Å²) in [5.41, 5.74) is 0.932. The minimum Gasteiger partial charge on any atom is -0.352 e. The molecule has 2 aromatic rings. The summed E-state index contributed by atoms with van der Waals surface area (Å²) in [4.78, 5) is 6.32. The lowest BCUT2D eigenvalue weighted by Gasteiger charge is -2.19. The van der Waals surface area contributed by atoms with E-state index >= 15 is 0 Å². The van der Waals surface area contributed by atoms with E-state index in [1.165, 1.54) is 30.3 Å². The van der Waals surface area contributed by atoms with Crippen molar-refractivity contribution in [2.45, 2.75) is 31.7 Å². The number of benzene rings is 2. The topological polar surface area (TPSA) is 63.5 Å². The van der Waals surface area contributed by atoms with Gasteiger partial charge in [-0.3, -0.25) is 9.89 Å². The fourth-order valence-corrected chi connectivity index (χ4v) is 3.50. The van der Waals surface area contributed by atoms with Crippen LogP contribution in [0.25, 0.3) is 0 Å². The maximum absolute atomic E-state index is 13.9. The number of likely N-dealkylation sites (tertiary alicyclic amines) is 1. The number of nitriles is 1. The number of alkyl halides is 3. The highest BCUT2D eigenvalue weighted by molar-refractivity contribution is 5.80. The van der Waals surface area contributed by atoms with Crippen LogP contribution in [0, 0.1) is 17.1 Å². The Balaban J connectivity index is 1.50. The van der Waals surface area contributed by atoms with Crippen molar-refractivity contribution >= 4 is 5.96 Å². The van der Waals surface area contributed by atoms with Crippen molar-refractivity contribution in [3.63, 3.8) is 0 Å². The molecule has 1 atom stereocenters. The first-order valence-electron chi connectivity index (χ1n) is 9.82. The van der Waals surface area contributed by atoms with Gasteiger partial charge in [-0.25, -0.2) is 4.39 Å². The van der Waals surface area contributed by atoms with E-state index in [1.54, 1.807) is 7.05 Å². The molecule has 9 heteroatoms. The molecule has 0 amide bonds. The van der Waals surface area contributed by atoms with E-state index in [0.29, 0.717) is 30.2 Å². The second-order valence-corrected chi connectivity index (χ2v) is 7.40. The third kappa shape index (κ3) is 6.18. The number of hydrogen-bond acceptors (Lipinski definition) is 3. The molecule has 2 N–H and O–H groups in total. The average molecular weight is 433 g/mol. The van der Waals surface area contributed by atoms with Gasteiger partial charge in [0, 0.05) is 44.8 Å². The van der Waals surface area contributed by atoms with Crippen molar-refractivity contribution in [1.29, 1.82) is 5.26 Å². The zero-order valence-electron chi connectivity index (χ0n) is 17.0. The Morgan fingerprint density at radius 2 is 1.97 bits per heavy atom. The van der Waals surface area contributed by atoms with Crippen molar-refractivity contribution in [2.24, 2.45) is 4.99 Å². The first-order chi connectivity index (χ1) is 14.8. The highest BCUT2D eigenvalue weighted by atomic mass is 19.4. The average Bonchev–Trinajstić information content (AvgIpc) is 3.18. The normalized spacial score (nSPS) is 17.4. The van der Waals surface area contributed by atoms with Gasteiger partial charge in [-0.1, -0.05) is 12.1 Å². The van der Waals surface area contributed by atoms with Gasteiger partial charge in [0.25, 0.3) is 0 Å². The maximum Gasteiger partial charge on any atom is 0.416 e. The fraction of sp³-hybridized carbons (Fsp3) is 0.364. The molecule has 0 aliphatic carbocycles. The Labute approximate surface area is 178 Å². The predicted octanol–water partition coefficient (Wildman–Crippen LogP) is 3.66. The third-order valence-corrected chi connectivity index (χ3v) is 5.15. The van der Waals surface area contributed by atoms with E-state index in [2.05, 4.69) is 20.5 Å². The van der Waals surface area contributed by atoms with E-state index in [4.69, 9.17) is 5.26 Å². The van der Waals surface area contributed by atoms with Gasteiger partial charge in [-0.15, -0.1) is 0 Å². The van der Waals surface area contributed by atoms with Gasteiger partial charge >= 0.3 is 6.18 Å². The standard InChI is InChI=1S/C22H23F4N5/c1-28-21(29-12-17-10-16(11-27)4-7-20(17)23)30-19-8-9-31(14-19)13-15-2-5-18(6-3-15)22(24,25)26/h2-7,10,19H,8-9,12-14H2,1H3,(H2,28,29,30). The van der Waals surface area contributed by atoms with E-state index in [0.717, 1.165) is 30.7 Å². The van der Waals surface area contributed by atoms with E-state index < -0.39 is 17.6 Å². The SMILES string of the molecule is CN=C(NCc1cc(C#N)ccc1F)NC1CCN(Cc2ccc(C(F)(F)F)cc2)C1. The van der Waals surface area contributed by atoms with Crippen LogP contribution in [0.1, 0.15) is 28.7 Å². The van der Waals surface area contributed by atoms with Crippen LogP contribution in [0.15, 0.2) is 47.5 Å². The van der Waals surface area contributed by atoms with Crippen molar-refractivity contribution < 1.29 is 17.6 Å². The van der Waals surface area contributed by atoms with Crippen molar-refractivity contribution in [1.82, 2.24) is 15.5 Å². The quantitative estimate of drug-likeness (QED) is 0.429. The first kappa shape index (κ1) is 22.6. The largest absolute Gasteiger partial charge is 0.416 e. The van der Waals surface area contributed by atoms with Gasteiger partial charge in [-0.05, 0) is 42.3 Å². The van der Waals surface area contributed by atoms with Gasteiger partial charge < -0.3 is 10.6 Å². The van der Waals surface area contributed by atoms with E-state index in [9.17, 15) is 17.6 Å². The summed E-state index contributed by atoms with van der Waals surface area (Å²) in [6.45, 7) is 2.26. The summed E-state index contributed by atoms with van der Waals surface area (Å²) in [7, 11) is 1.62. The van der Waals surface area contributed by atoms with Gasteiger partial charge in [0.2, 0.25) is 0 Å². The number of aliphatic imine (C=N–C) groups is 1. The lowest BCUT2D eigenvalue weighted by Crippen LogP contribution is -2.44. The van der Waals surface area contributed by atoms with Crippen molar-refractivity contribution in [2.75, 3.05) is 20.1 Å². The molecule has 1 aliphatic heterocycles. The Bertz CT molecular complexity index is 963. The molecule has 0 radical (unpaired) electrons. The molecule has 0 aromatic heterocycles. The van der Waals surface area contributed by atoms with Crippen LogP contribution in [0.5, 0.6) is 0 Å². The Hall–Kier alpha value is -3.12. The van der Waals surface area contributed by atoms with Crippen LogP contribution in [-0.2, 0) is 19.3 Å². The summed E-state index contributed by atoms with van der Waals surface area (Å²) in [5, 5.41) is 15.3. The number of nitrogens with one attached hydrogen (secondary N) is 2. The molecule has 1 saturated heterocycles. The molecule has 3 rings (SSSR count).